The molecule has 2 aromatic carbocycles. The van der Waals surface area contributed by atoms with Gasteiger partial charge in [-0.2, -0.15) is 0 Å². The maximum atomic E-state index is 4.68. The van der Waals surface area contributed by atoms with E-state index < -0.39 is 0 Å². The minimum absolute atomic E-state index is 0.711. The van der Waals surface area contributed by atoms with Gasteiger partial charge in [-0.25, -0.2) is 4.98 Å². The van der Waals surface area contributed by atoms with Gasteiger partial charge in [0.25, 0.3) is 0 Å². The first-order valence-electron chi connectivity index (χ1n) is 6.74. The van der Waals surface area contributed by atoms with E-state index in [1.165, 1.54) is 0 Å². The summed E-state index contributed by atoms with van der Waals surface area (Å²) in [6, 6.07) is 16.0. The summed E-state index contributed by atoms with van der Waals surface area (Å²) >= 11 is 0. The third-order valence-corrected chi connectivity index (χ3v) is 3.54. The predicted molar refractivity (Wildman–Crippen MR) is 82.7 cm³/mol. The summed E-state index contributed by atoms with van der Waals surface area (Å²) in [4.78, 5) is 4.68. The summed E-state index contributed by atoms with van der Waals surface area (Å²) in [5.74, 6) is 0.711. The van der Waals surface area contributed by atoms with Gasteiger partial charge in [0.15, 0.2) is 5.65 Å². The van der Waals surface area contributed by atoms with Crippen LogP contribution in [-0.2, 0) is 0 Å². The van der Waals surface area contributed by atoms with Crippen molar-refractivity contribution in [2.75, 3.05) is 5.32 Å². The SMILES string of the molecule is Cc1ccccc1Nc1nc2ccccc2c2nncn12. The Morgan fingerprint density at radius 2 is 1.81 bits per heavy atom. The van der Waals surface area contributed by atoms with Crippen molar-refractivity contribution < 1.29 is 0 Å². The van der Waals surface area contributed by atoms with Crippen molar-refractivity contribution in [1.29, 1.82) is 0 Å². The van der Waals surface area contributed by atoms with Crippen LogP contribution in [0.4, 0.5) is 11.6 Å². The molecule has 0 atom stereocenters. The van der Waals surface area contributed by atoms with Crippen LogP contribution in [0.3, 0.4) is 0 Å². The van der Waals surface area contributed by atoms with E-state index in [2.05, 4.69) is 33.5 Å². The molecule has 5 nitrogen and oxygen atoms in total. The number of nitrogens with one attached hydrogen (secondary N) is 1. The topological polar surface area (TPSA) is 55.1 Å². The van der Waals surface area contributed by atoms with Crippen LogP contribution in [0.1, 0.15) is 5.56 Å². The molecule has 4 aromatic rings. The molecule has 4 rings (SSSR count). The van der Waals surface area contributed by atoms with Crippen LogP contribution >= 0.6 is 0 Å². The number of hydrogen-bond acceptors (Lipinski definition) is 4. The molecule has 0 aliphatic carbocycles. The fraction of sp³-hybridized carbons (Fsp3) is 0.0625. The fourth-order valence-electron chi connectivity index (χ4n) is 2.42. The lowest BCUT2D eigenvalue weighted by Crippen LogP contribution is -2.02. The summed E-state index contributed by atoms with van der Waals surface area (Å²) in [6.45, 7) is 2.06. The predicted octanol–water partition coefficient (Wildman–Crippen LogP) is 3.33. The standard InChI is InChI=1S/C16H13N5/c1-11-6-2-4-8-13(11)18-16-19-14-9-5-3-7-12(14)15-20-17-10-21(15)16/h2-10H,1H3,(H,18,19). The van der Waals surface area contributed by atoms with Crippen molar-refractivity contribution in [3.63, 3.8) is 0 Å². The number of aromatic nitrogens is 4. The molecule has 0 aliphatic heterocycles. The Morgan fingerprint density at radius 1 is 1.00 bits per heavy atom. The van der Waals surface area contributed by atoms with E-state index in [4.69, 9.17) is 0 Å². The number of para-hydroxylation sites is 2. The molecule has 0 fully saturated rings. The highest BCUT2D eigenvalue weighted by atomic mass is 15.3. The lowest BCUT2D eigenvalue weighted by Gasteiger charge is -2.11. The normalized spacial score (nSPS) is 11.1. The average Bonchev–Trinajstić information content (AvgIpc) is 3.00. The molecule has 5 heteroatoms. The second-order valence-corrected chi connectivity index (χ2v) is 4.92. The Balaban J connectivity index is 1.95. The highest BCUT2D eigenvalue weighted by Gasteiger charge is 2.10. The van der Waals surface area contributed by atoms with Crippen molar-refractivity contribution in [3.05, 3.63) is 60.4 Å². The molecule has 102 valence electrons. The third-order valence-electron chi connectivity index (χ3n) is 3.54. The molecule has 0 bridgehead atoms. The number of rotatable bonds is 2. The van der Waals surface area contributed by atoms with E-state index in [0.717, 1.165) is 27.8 Å². The van der Waals surface area contributed by atoms with E-state index in [9.17, 15) is 0 Å². The van der Waals surface area contributed by atoms with Gasteiger partial charge in [0.1, 0.15) is 6.33 Å². The first-order valence-corrected chi connectivity index (χ1v) is 6.74. The lowest BCUT2D eigenvalue weighted by atomic mass is 10.2. The van der Waals surface area contributed by atoms with Gasteiger partial charge in [-0.15, -0.1) is 10.2 Å². The first kappa shape index (κ1) is 11.8. The largest absolute Gasteiger partial charge is 0.325 e. The Kier molecular flexibility index (Phi) is 2.57. The third kappa shape index (κ3) is 1.90. The van der Waals surface area contributed by atoms with Gasteiger partial charge in [-0.05, 0) is 30.7 Å². The molecule has 0 saturated heterocycles. The zero-order valence-corrected chi connectivity index (χ0v) is 11.5. The minimum Gasteiger partial charge on any atom is -0.325 e. The van der Waals surface area contributed by atoms with Gasteiger partial charge < -0.3 is 5.32 Å². The zero-order chi connectivity index (χ0) is 14.2. The van der Waals surface area contributed by atoms with Gasteiger partial charge in [-0.3, -0.25) is 4.40 Å². The van der Waals surface area contributed by atoms with Crippen LogP contribution in [0, 0.1) is 6.92 Å². The van der Waals surface area contributed by atoms with E-state index in [1.807, 2.05) is 46.9 Å². The molecule has 2 aromatic heterocycles. The van der Waals surface area contributed by atoms with Gasteiger partial charge in [0.2, 0.25) is 5.95 Å². The van der Waals surface area contributed by atoms with Gasteiger partial charge in [-0.1, -0.05) is 30.3 Å². The average molecular weight is 275 g/mol. The molecule has 0 spiro atoms. The monoisotopic (exact) mass is 275 g/mol. The molecule has 2 heterocycles. The molecule has 0 amide bonds. The fourth-order valence-corrected chi connectivity index (χ4v) is 2.42. The second-order valence-electron chi connectivity index (χ2n) is 4.92. The van der Waals surface area contributed by atoms with E-state index in [0.29, 0.717) is 5.95 Å². The summed E-state index contributed by atoms with van der Waals surface area (Å²) in [5, 5.41) is 12.6. The number of hydrogen-bond donors (Lipinski definition) is 1. The van der Waals surface area contributed by atoms with Crippen molar-refractivity contribution >= 4 is 28.2 Å². The van der Waals surface area contributed by atoms with E-state index in [-0.39, 0.29) is 0 Å². The second kappa shape index (κ2) is 4.56. The van der Waals surface area contributed by atoms with Crippen LogP contribution in [0.25, 0.3) is 16.6 Å². The quantitative estimate of drug-likeness (QED) is 0.609. The molecule has 0 unspecified atom stereocenters. The van der Waals surface area contributed by atoms with Crippen LogP contribution in [0.15, 0.2) is 54.9 Å². The van der Waals surface area contributed by atoms with Crippen molar-refractivity contribution in [2.24, 2.45) is 0 Å². The van der Waals surface area contributed by atoms with Crippen molar-refractivity contribution in [1.82, 2.24) is 19.6 Å². The number of anilines is 2. The van der Waals surface area contributed by atoms with Crippen LogP contribution in [0.5, 0.6) is 0 Å². The van der Waals surface area contributed by atoms with Crippen molar-refractivity contribution in [2.45, 2.75) is 6.92 Å². The van der Waals surface area contributed by atoms with Gasteiger partial charge in [0, 0.05) is 11.1 Å². The van der Waals surface area contributed by atoms with Gasteiger partial charge >= 0.3 is 0 Å². The Hall–Kier alpha value is -2.95. The molecular weight excluding hydrogens is 262 g/mol. The first-order chi connectivity index (χ1) is 10.3. The minimum atomic E-state index is 0.711. The van der Waals surface area contributed by atoms with Gasteiger partial charge in [0.05, 0.1) is 5.52 Å². The Morgan fingerprint density at radius 3 is 2.71 bits per heavy atom. The number of benzene rings is 2. The smallest absolute Gasteiger partial charge is 0.215 e. The van der Waals surface area contributed by atoms with E-state index >= 15 is 0 Å². The summed E-state index contributed by atoms with van der Waals surface area (Å²) in [6.07, 6.45) is 1.68. The van der Waals surface area contributed by atoms with Crippen molar-refractivity contribution in [3.8, 4) is 0 Å². The molecule has 0 saturated carbocycles. The highest BCUT2D eigenvalue weighted by molar-refractivity contribution is 5.92. The Labute approximate surface area is 121 Å². The number of aryl methyl sites for hydroxylation is 1. The highest BCUT2D eigenvalue weighted by Crippen LogP contribution is 2.23. The summed E-state index contributed by atoms with van der Waals surface area (Å²) in [7, 11) is 0. The van der Waals surface area contributed by atoms with Crippen LogP contribution < -0.4 is 5.32 Å². The van der Waals surface area contributed by atoms with Crippen LogP contribution in [-0.4, -0.2) is 19.6 Å². The number of nitrogens with zero attached hydrogens (tertiary/aromatic N) is 4. The maximum absolute atomic E-state index is 4.68. The Bertz CT molecular complexity index is 942. The molecule has 0 aliphatic rings. The van der Waals surface area contributed by atoms with Crippen LogP contribution in [0.2, 0.25) is 0 Å². The molecule has 1 N–H and O–H groups in total. The molecule has 21 heavy (non-hydrogen) atoms. The molecular formula is C16H13N5. The zero-order valence-electron chi connectivity index (χ0n) is 11.5. The maximum Gasteiger partial charge on any atom is 0.215 e. The summed E-state index contributed by atoms with van der Waals surface area (Å²) in [5.41, 5.74) is 3.88. The van der Waals surface area contributed by atoms with E-state index in [1.54, 1.807) is 6.33 Å². The number of fused-ring (bicyclic) bond motifs is 3. The lowest BCUT2D eigenvalue weighted by molar-refractivity contribution is 1.08. The molecule has 0 radical (unpaired) electrons. The summed E-state index contributed by atoms with van der Waals surface area (Å²) < 4.78 is 1.87.